The molecule has 1 fully saturated rings. The molecule has 0 saturated carbocycles. The van der Waals surface area contributed by atoms with E-state index < -0.39 is 11.4 Å². The molecule has 0 spiro atoms. The van der Waals surface area contributed by atoms with Gasteiger partial charge in [-0.2, -0.15) is 0 Å². The smallest absolute Gasteiger partial charge is 0.317 e. The van der Waals surface area contributed by atoms with Crippen LogP contribution >= 0.6 is 0 Å². The molecule has 5 nitrogen and oxygen atoms in total. The van der Waals surface area contributed by atoms with Crippen molar-refractivity contribution in [1.82, 2.24) is 9.80 Å². The average Bonchev–Trinajstić information content (AvgIpc) is 2.59. The van der Waals surface area contributed by atoms with Crippen LogP contribution in [0.4, 0.5) is 4.39 Å². The number of halogens is 1. The van der Waals surface area contributed by atoms with Crippen molar-refractivity contribution in [3.05, 3.63) is 35.6 Å². The number of hydrogen-bond donors (Lipinski definition) is 1. The highest BCUT2D eigenvalue weighted by Crippen LogP contribution is 2.29. The molecular weight excluding hydrogens is 323 g/mol. The molecule has 6 heteroatoms. The molecule has 0 radical (unpaired) electrons. The van der Waals surface area contributed by atoms with Crippen LogP contribution in [0.1, 0.15) is 39.2 Å². The number of carboxylic acid groups (broad SMARTS) is 1. The van der Waals surface area contributed by atoms with Crippen molar-refractivity contribution in [1.29, 1.82) is 0 Å². The first-order valence-corrected chi connectivity index (χ1v) is 8.77. The molecular formula is C19H27FN2O3. The molecule has 1 saturated heterocycles. The number of carbonyl (C=O) groups excluding carboxylic acids is 1. The van der Waals surface area contributed by atoms with Crippen LogP contribution in [0, 0.1) is 5.82 Å². The summed E-state index contributed by atoms with van der Waals surface area (Å²) in [6.45, 7) is 7.28. The number of carbonyl (C=O) groups is 2. The fourth-order valence-corrected chi connectivity index (χ4v) is 3.59. The first-order valence-electron chi connectivity index (χ1n) is 8.77. The summed E-state index contributed by atoms with van der Waals surface area (Å²) in [4.78, 5) is 27.6. The van der Waals surface area contributed by atoms with Crippen LogP contribution in [-0.2, 0) is 15.0 Å². The molecule has 1 aliphatic heterocycles. The van der Waals surface area contributed by atoms with E-state index in [1.807, 2.05) is 11.8 Å². The van der Waals surface area contributed by atoms with Crippen molar-refractivity contribution < 1.29 is 19.1 Å². The molecule has 0 aliphatic carbocycles. The lowest BCUT2D eigenvalue weighted by atomic mass is 9.82. The zero-order valence-corrected chi connectivity index (χ0v) is 15.2. The third kappa shape index (κ3) is 4.37. The summed E-state index contributed by atoms with van der Waals surface area (Å²) in [7, 11) is 0. The molecule has 0 atom stereocenters. The lowest BCUT2D eigenvalue weighted by Crippen LogP contribution is -2.51. The van der Waals surface area contributed by atoms with Crippen LogP contribution in [0.3, 0.4) is 0 Å². The van der Waals surface area contributed by atoms with Crippen molar-refractivity contribution in [2.45, 2.75) is 45.1 Å². The van der Waals surface area contributed by atoms with Gasteiger partial charge < -0.3 is 10.0 Å². The van der Waals surface area contributed by atoms with Crippen molar-refractivity contribution in [3.63, 3.8) is 0 Å². The second-order valence-corrected chi connectivity index (χ2v) is 7.09. The number of amides is 1. The SMILES string of the molecule is CCN(CC(=O)O)C1CCN(C(=O)C(C)(C)c2ccccc2F)CC1. The number of nitrogens with zero attached hydrogens (tertiary/aromatic N) is 2. The van der Waals surface area contributed by atoms with Gasteiger partial charge in [0, 0.05) is 24.7 Å². The first-order chi connectivity index (χ1) is 11.8. The molecule has 1 heterocycles. The zero-order valence-electron chi connectivity index (χ0n) is 15.2. The van der Waals surface area contributed by atoms with Crippen LogP contribution in [0.15, 0.2) is 24.3 Å². The maximum absolute atomic E-state index is 14.1. The maximum Gasteiger partial charge on any atom is 0.317 e. The second-order valence-electron chi connectivity index (χ2n) is 7.09. The second kappa shape index (κ2) is 7.95. The number of carboxylic acids is 1. The molecule has 0 bridgehead atoms. The standard InChI is InChI=1S/C19H27FN2O3/c1-4-21(13-17(23)24)14-9-11-22(12-10-14)18(25)19(2,3)15-7-5-6-8-16(15)20/h5-8,14H,4,9-13H2,1-3H3,(H,23,24). The van der Waals surface area contributed by atoms with Crippen LogP contribution < -0.4 is 0 Å². The molecule has 1 amide bonds. The molecule has 1 aromatic rings. The van der Waals surface area contributed by atoms with Gasteiger partial charge in [-0.3, -0.25) is 14.5 Å². The van der Waals surface area contributed by atoms with Gasteiger partial charge >= 0.3 is 5.97 Å². The lowest BCUT2D eigenvalue weighted by Gasteiger charge is -2.40. The van der Waals surface area contributed by atoms with E-state index in [2.05, 4.69) is 0 Å². The minimum atomic E-state index is -0.927. The molecule has 1 N–H and O–H groups in total. The molecule has 25 heavy (non-hydrogen) atoms. The normalized spacial score (nSPS) is 16.3. The van der Waals surface area contributed by atoms with Crippen molar-refractivity contribution in [2.75, 3.05) is 26.2 Å². The van der Waals surface area contributed by atoms with Gasteiger partial charge in [0.2, 0.25) is 5.91 Å². The summed E-state index contributed by atoms with van der Waals surface area (Å²) in [5, 5.41) is 9.00. The van der Waals surface area contributed by atoms with Gasteiger partial charge in [0.1, 0.15) is 5.82 Å². The van der Waals surface area contributed by atoms with Gasteiger partial charge in [-0.25, -0.2) is 4.39 Å². The van der Waals surface area contributed by atoms with Gasteiger partial charge in [-0.15, -0.1) is 0 Å². The Bertz CT molecular complexity index is 625. The van der Waals surface area contributed by atoms with E-state index in [1.54, 1.807) is 36.9 Å². The molecule has 1 aliphatic rings. The molecule has 2 rings (SSSR count). The maximum atomic E-state index is 14.1. The summed E-state index contributed by atoms with van der Waals surface area (Å²) in [5.74, 6) is -1.28. The van der Waals surface area contributed by atoms with Crippen LogP contribution in [0.5, 0.6) is 0 Å². The minimum absolute atomic E-state index is 0.0236. The first kappa shape index (κ1) is 19.4. The number of aliphatic carboxylic acids is 1. The van der Waals surface area contributed by atoms with E-state index >= 15 is 0 Å². The number of likely N-dealkylation sites (tertiary alicyclic amines) is 1. The Kier molecular flexibility index (Phi) is 6.16. The fourth-order valence-electron chi connectivity index (χ4n) is 3.59. The van der Waals surface area contributed by atoms with E-state index in [0.29, 0.717) is 25.2 Å². The predicted molar refractivity (Wildman–Crippen MR) is 93.9 cm³/mol. The number of rotatable bonds is 6. The zero-order chi connectivity index (χ0) is 18.6. The number of hydrogen-bond acceptors (Lipinski definition) is 3. The summed E-state index contributed by atoms with van der Waals surface area (Å²) in [6.07, 6.45) is 1.47. The third-order valence-electron chi connectivity index (χ3n) is 5.09. The number of benzene rings is 1. The molecule has 1 aromatic carbocycles. The molecule has 0 aromatic heterocycles. The Balaban J connectivity index is 2.03. The highest BCUT2D eigenvalue weighted by molar-refractivity contribution is 5.87. The summed E-state index contributed by atoms with van der Waals surface area (Å²) in [6, 6.07) is 6.56. The average molecular weight is 350 g/mol. The van der Waals surface area contributed by atoms with Gasteiger partial charge in [0.15, 0.2) is 0 Å². The highest BCUT2D eigenvalue weighted by atomic mass is 19.1. The Hall–Kier alpha value is -1.95. The predicted octanol–water partition coefficient (Wildman–Crippen LogP) is 2.50. The summed E-state index contributed by atoms with van der Waals surface area (Å²) < 4.78 is 14.1. The van der Waals surface area contributed by atoms with Crippen LogP contribution in [-0.4, -0.2) is 59.0 Å². The fraction of sp³-hybridized carbons (Fsp3) is 0.579. The Morgan fingerprint density at radius 3 is 2.40 bits per heavy atom. The Morgan fingerprint density at radius 2 is 1.88 bits per heavy atom. The van der Waals surface area contributed by atoms with E-state index in [9.17, 15) is 14.0 Å². The summed E-state index contributed by atoms with van der Waals surface area (Å²) in [5.41, 5.74) is -0.521. The van der Waals surface area contributed by atoms with Crippen LogP contribution in [0.2, 0.25) is 0 Å². The van der Waals surface area contributed by atoms with E-state index in [-0.39, 0.29) is 24.3 Å². The molecule has 138 valence electrons. The molecule has 0 unspecified atom stereocenters. The topological polar surface area (TPSA) is 60.9 Å². The van der Waals surface area contributed by atoms with Gasteiger partial charge in [0.05, 0.1) is 12.0 Å². The Labute approximate surface area is 148 Å². The van der Waals surface area contributed by atoms with Crippen molar-refractivity contribution >= 4 is 11.9 Å². The quantitative estimate of drug-likeness (QED) is 0.856. The van der Waals surface area contributed by atoms with Crippen molar-refractivity contribution in [2.24, 2.45) is 0 Å². The van der Waals surface area contributed by atoms with Gasteiger partial charge in [-0.1, -0.05) is 25.1 Å². The van der Waals surface area contributed by atoms with E-state index in [1.165, 1.54) is 6.07 Å². The lowest BCUT2D eigenvalue weighted by molar-refractivity contribution is -0.141. The Morgan fingerprint density at radius 1 is 1.28 bits per heavy atom. The summed E-state index contributed by atoms with van der Waals surface area (Å²) >= 11 is 0. The third-order valence-corrected chi connectivity index (χ3v) is 5.09. The largest absolute Gasteiger partial charge is 0.480 e. The van der Waals surface area contributed by atoms with Crippen molar-refractivity contribution in [3.8, 4) is 0 Å². The monoisotopic (exact) mass is 350 g/mol. The van der Waals surface area contributed by atoms with Gasteiger partial charge in [-0.05, 0) is 39.3 Å². The van der Waals surface area contributed by atoms with E-state index in [4.69, 9.17) is 5.11 Å². The number of piperidine rings is 1. The van der Waals surface area contributed by atoms with Gasteiger partial charge in [0.25, 0.3) is 0 Å². The number of likely N-dealkylation sites (N-methyl/N-ethyl adjacent to an activating group) is 1. The van der Waals surface area contributed by atoms with Crippen LogP contribution in [0.25, 0.3) is 0 Å². The van der Waals surface area contributed by atoms with E-state index in [0.717, 1.165) is 12.8 Å². The highest BCUT2D eigenvalue weighted by Gasteiger charge is 2.37. The minimum Gasteiger partial charge on any atom is -0.480 e.